The number of urea groups is 1. The van der Waals surface area contributed by atoms with Crippen LogP contribution in [0, 0.1) is 5.82 Å². The zero-order valence-corrected chi connectivity index (χ0v) is 19.0. The van der Waals surface area contributed by atoms with Gasteiger partial charge in [-0.05, 0) is 47.4 Å². The van der Waals surface area contributed by atoms with Gasteiger partial charge in [-0.3, -0.25) is 19.8 Å². The van der Waals surface area contributed by atoms with Crippen LogP contribution in [0.3, 0.4) is 0 Å². The summed E-state index contributed by atoms with van der Waals surface area (Å²) >= 11 is 0. The van der Waals surface area contributed by atoms with E-state index in [0.29, 0.717) is 12.1 Å². The molecule has 0 spiro atoms. The average Bonchev–Trinajstić information content (AvgIpc) is 3.40. The van der Waals surface area contributed by atoms with Crippen LogP contribution < -0.4 is 5.32 Å². The van der Waals surface area contributed by atoms with E-state index in [9.17, 15) is 18.8 Å². The van der Waals surface area contributed by atoms with Gasteiger partial charge in [0, 0.05) is 54.3 Å². The molecule has 6 rings (SSSR count). The number of hydrogen-bond donors (Lipinski definition) is 2. The highest BCUT2D eigenvalue weighted by Gasteiger charge is 2.36. The fourth-order valence-corrected chi connectivity index (χ4v) is 5.16. The molecule has 0 bridgehead atoms. The highest BCUT2D eigenvalue weighted by Crippen LogP contribution is 2.31. The lowest BCUT2D eigenvalue weighted by atomic mass is 9.98. The molecule has 4 amide bonds. The number of rotatable bonds is 4. The minimum Gasteiger partial charge on any atom is -0.360 e. The molecule has 35 heavy (non-hydrogen) atoms. The second-order valence-electron chi connectivity index (χ2n) is 9.19. The first-order chi connectivity index (χ1) is 17.0. The molecule has 1 fully saturated rings. The lowest BCUT2D eigenvalue weighted by Crippen LogP contribution is -2.56. The van der Waals surface area contributed by atoms with Crippen LogP contribution in [0.2, 0.25) is 0 Å². The molecule has 4 heterocycles. The predicted molar refractivity (Wildman–Crippen MR) is 127 cm³/mol. The number of aromatic amines is 1. The molecule has 0 aliphatic carbocycles. The Morgan fingerprint density at radius 3 is 2.63 bits per heavy atom. The van der Waals surface area contributed by atoms with Gasteiger partial charge in [0.25, 0.3) is 5.91 Å². The van der Waals surface area contributed by atoms with Gasteiger partial charge in [0.05, 0.1) is 13.1 Å². The smallest absolute Gasteiger partial charge is 0.342 e. The van der Waals surface area contributed by atoms with Gasteiger partial charge in [-0.2, -0.15) is 0 Å². The number of carbonyl (C=O) groups excluding carboxylic acids is 3. The third-order valence-electron chi connectivity index (χ3n) is 6.97. The van der Waals surface area contributed by atoms with E-state index in [1.807, 2.05) is 30.5 Å². The summed E-state index contributed by atoms with van der Waals surface area (Å²) in [5.41, 5.74) is 5.77. The van der Waals surface area contributed by atoms with Crippen LogP contribution in [-0.4, -0.2) is 57.4 Å². The molecular weight excluding hydrogens is 449 g/mol. The molecule has 0 atom stereocenters. The first-order valence-corrected chi connectivity index (χ1v) is 11.7. The lowest BCUT2D eigenvalue weighted by molar-refractivity contribution is -0.123. The summed E-state index contributed by atoms with van der Waals surface area (Å²) in [6, 6.07) is 10.1. The Labute approximate surface area is 201 Å². The maximum Gasteiger partial charge on any atom is 0.342 e. The van der Waals surface area contributed by atoms with Crippen molar-refractivity contribution in [3.8, 4) is 0 Å². The second kappa shape index (κ2) is 8.35. The number of nitrogens with zero attached hydrogens (tertiary/aromatic N) is 3. The second-order valence-corrected chi connectivity index (χ2v) is 9.19. The monoisotopic (exact) mass is 473 g/mol. The van der Waals surface area contributed by atoms with Crippen molar-refractivity contribution in [2.24, 2.45) is 0 Å². The van der Waals surface area contributed by atoms with Gasteiger partial charge < -0.3 is 4.98 Å². The number of aromatic nitrogens is 1. The van der Waals surface area contributed by atoms with E-state index in [1.54, 1.807) is 0 Å². The number of amides is 4. The van der Waals surface area contributed by atoms with Crippen LogP contribution in [0.25, 0.3) is 16.5 Å². The van der Waals surface area contributed by atoms with Crippen molar-refractivity contribution in [2.75, 3.05) is 19.6 Å². The number of H-pyrrole nitrogens is 1. The molecule has 2 N–H and O–H groups in total. The van der Waals surface area contributed by atoms with Gasteiger partial charge in [0.15, 0.2) is 0 Å². The summed E-state index contributed by atoms with van der Waals surface area (Å²) in [6.45, 7) is 2.96. The molecule has 9 heteroatoms. The third-order valence-corrected chi connectivity index (χ3v) is 6.97. The Morgan fingerprint density at radius 1 is 0.943 bits per heavy atom. The zero-order valence-electron chi connectivity index (χ0n) is 19.0. The molecule has 3 aromatic rings. The molecule has 8 nitrogen and oxygen atoms in total. The first kappa shape index (κ1) is 21.5. The fourth-order valence-electron chi connectivity index (χ4n) is 5.16. The Bertz CT molecular complexity index is 1410. The van der Waals surface area contributed by atoms with Crippen molar-refractivity contribution in [3.05, 3.63) is 76.7 Å². The van der Waals surface area contributed by atoms with Crippen molar-refractivity contribution in [3.63, 3.8) is 0 Å². The van der Waals surface area contributed by atoms with Crippen LogP contribution in [0.4, 0.5) is 9.18 Å². The number of hydrogen-bond acceptors (Lipinski definition) is 4. The van der Waals surface area contributed by atoms with Gasteiger partial charge in [0.1, 0.15) is 5.82 Å². The van der Waals surface area contributed by atoms with Gasteiger partial charge in [-0.1, -0.05) is 18.2 Å². The summed E-state index contributed by atoms with van der Waals surface area (Å²) in [7, 11) is 0. The number of fused-ring (bicyclic) bond motifs is 2. The van der Waals surface area contributed by atoms with Gasteiger partial charge in [-0.25, -0.2) is 19.2 Å². The molecule has 0 saturated carbocycles. The summed E-state index contributed by atoms with van der Waals surface area (Å²) in [4.78, 5) is 42.0. The van der Waals surface area contributed by atoms with Crippen LogP contribution in [0.1, 0.15) is 39.9 Å². The van der Waals surface area contributed by atoms with Crippen molar-refractivity contribution < 1.29 is 18.8 Å². The Balaban J connectivity index is 1.13. The quantitative estimate of drug-likeness (QED) is 0.608. The Morgan fingerprint density at radius 2 is 1.83 bits per heavy atom. The van der Waals surface area contributed by atoms with E-state index >= 15 is 0 Å². The predicted octanol–water partition coefficient (Wildman–Crippen LogP) is 3.41. The Kier molecular flexibility index (Phi) is 5.14. The van der Waals surface area contributed by atoms with Crippen LogP contribution in [0.5, 0.6) is 0 Å². The molecule has 0 unspecified atom stereocenters. The normalized spacial score (nSPS) is 18.8. The average molecular weight is 474 g/mol. The molecule has 0 radical (unpaired) electrons. The molecule has 1 saturated heterocycles. The molecule has 3 aliphatic rings. The van der Waals surface area contributed by atoms with Crippen molar-refractivity contribution >= 4 is 34.3 Å². The SMILES string of the molecule is O=C1CCN(N2Cc3cc(CN4CC=C(c5c[nH]c6cc(F)ccc56)CC4)ccc3C2=O)C(=O)N1. The summed E-state index contributed by atoms with van der Waals surface area (Å²) in [6.07, 6.45) is 5.25. The molecular formula is C26H24FN5O3. The molecule has 2 aromatic carbocycles. The van der Waals surface area contributed by atoms with Gasteiger partial charge in [0.2, 0.25) is 5.91 Å². The van der Waals surface area contributed by atoms with E-state index in [-0.39, 0.29) is 30.6 Å². The van der Waals surface area contributed by atoms with Crippen LogP contribution in [0.15, 0.2) is 48.7 Å². The lowest BCUT2D eigenvalue weighted by Gasteiger charge is -2.33. The summed E-state index contributed by atoms with van der Waals surface area (Å²) < 4.78 is 13.5. The first-order valence-electron chi connectivity index (χ1n) is 11.7. The number of carbonyl (C=O) groups is 3. The van der Waals surface area contributed by atoms with Crippen LogP contribution in [-0.2, 0) is 17.9 Å². The maximum atomic E-state index is 13.5. The largest absolute Gasteiger partial charge is 0.360 e. The van der Waals surface area contributed by atoms with Crippen molar-refractivity contribution in [1.82, 2.24) is 25.2 Å². The third kappa shape index (κ3) is 3.87. The van der Waals surface area contributed by atoms with E-state index in [4.69, 9.17) is 0 Å². The number of imide groups is 1. The fraction of sp³-hybridized carbons (Fsp3) is 0.269. The van der Waals surface area contributed by atoms with E-state index in [2.05, 4.69) is 21.3 Å². The van der Waals surface area contributed by atoms with Gasteiger partial charge in [-0.15, -0.1) is 0 Å². The summed E-state index contributed by atoms with van der Waals surface area (Å²) in [5, 5.41) is 6.04. The number of nitrogens with one attached hydrogen (secondary N) is 2. The minimum absolute atomic E-state index is 0.178. The van der Waals surface area contributed by atoms with E-state index in [0.717, 1.165) is 53.6 Å². The molecule has 1 aromatic heterocycles. The topological polar surface area (TPSA) is 88.8 Å². The van der Waals surface area contributed by atoms with Crippen molar-refractivity contribution in [1.29, 1.82) is 0 Å². The molecule has 178 valence electrons. The van der Waals surface area contributed by atoms with E-state index in [1.165, 1.54) is 27.7 Å². The maximum absolute atomic E-state index is 13.5. The van der Waals surface area contributed by atoms with E-state index < -0.39 is 6.03 Å². The summed E-state index contributed by atoms with van der Waals surface area (Å²) in [5.74, 6) is -0.793. The van der Waals surface area contributed by atoms with Crippen molar-refractivity contribution in [2.45, 2.75) is 25.9 Å². The number of hydrazine groups is 1. The molecule has 3 aliphatic heterocycles. The standard InChI is InChI=1S/C26H24FN5O3/c27-19-2-4-21-22(13-28-23(21)12-19)17-5-8-30(9-6-17)14-16-1-3-20-18(11-16)15-32(25(20)34)31-10-7-24(33)29-26(31)35/h1-5,11-13,28H,6-10,14-15H2,(H,29,33,35). The highest BCUT2D eigenvalue weighted by atomic mass is 19.1. The number of halogens is 1. The Hall–Kier alpha value is -3.98. The highest BCUT2D eigenvalue weighted by molar-refractivity contribution is 6.02. The zero-order chi connectivity index (χ0) is 24.1. The van der Waals surface area contributed by atoms with Gasteiger partial charge >= 0.3 is 6.03 Å². The number of benzene rings is 2. The van der Waals surface area contributed by atoms with Crippen LogP contribution >= 0.6 is 0 Å². The minimum atomic E-state index is -0.557.